The van der Waals surface area contributed by atoms with E-state index in [1.807, 2.05) is 0 Å². The fourth-order valence-electron chi connectivity index (χ4n) is 2.06. The largest absolute Gasteiger partial charge is 1.00 e. The molecule has 0 radical (unpaired) electrons. The molecule has 0 aromatic heterocycles. The Hall–Kier alpha value is -0.200. The second-order valence-electron chi connectivity index (χ2n) is 7.32. The molecular formula is C12H18F12N3NaO9S4. The molecule has 0 spiro atoms. The molecule has 1 rings (SSSR count). The third-order valence-electron chi connectivity index (χ3n) is 4.04. The van der Waals surface area contributed by atoms with Gasteiger partial charge in [0.15, 0.2) is 40.1 Å². The molecule has 0 unspecified atom stereocenters. The summed E-state index contributed by atoms with van der Waals surface area (Å²) < 4.78 is 225. The van der Waals surface area contributed by atoms with Gasteiger partial charge in [-0.15, -0.1) is 0 Å². The number of likely N-dealkylation sites (N-methyl/N-ethyl adjacent to an activating group) is 1. The van der Waals surface area contributed by atoms with Crippen molar-refractivity contribution < 1.29 is 125 Å². The van der Waals surface area contributed by atoms with Crippen LogP contribution in [0.5, 0.6) is 0 Å². The summed E-state index contributed by atoms with van der Waals surface area (Å²) in [6.45, 7) is 4.81. The molecule has 0 N–H and O–H groups in total. The van der Waals surface area contributed by atoms with Gasteiger partial charge in [0.1, 0.15) is 6.54 Å². The van der Waals surface area contributed by atoms with Crippen molar-refractivity contribution >= 4 is 40.1 Å². The minimum atomic E-state index is -6.72. The summed E-state index contributed by atoms with van der Waals surface area (Å²) in [5, 5.41) is 0. The Morgan fingerprint density at radius 1 is 0.585 bits per heavy atom. The zero-order valence-corrected chi connectivity index (χ0v) is 25.7. The van der Waals surface area contributed by atoms with Crippen molar-refractivity contribution in [3.63, 3.8) is 0 Å². The van der Waals surface area contributed by atoms with E-state index in [0.717, 1.165) is 14.9 Å². The van der Waals surface area contributed by atoms with E-state index < -0.39 is 62.1 Å². The summed E-state index contributed by atoms with van der Waals surface area (Å²) in [6, 6.07) is 0. The summed E-state index contributed by atoms with van der Waals surface area (Å²) in [5.41, 5.74) is -24.8. The van der Waals surface area contributed by atoms with Crippen molar-refractivity contribution in [1.29, 1.82) is 0 Å². The zero-order chi connectivity index (χ0) is 32.9. The molecule has 1 aliphatic heterocycles. The maximum absolute atomic E-state index is 11.4. The molecule has 12 nitrogen and oxygen atoms in total. The fourth-order valence-corrected chi connectivity index (χ4v) is 5.48. The number of rotatable bonds is 7. The van der Waals surface area contributed by atoms with Crippen LogP contribution in [0, 0.1) is 0 Å². The molecule has 0 saturated carbocycles. The van der Waals surface area contributed by atoms with Crippen molar-refractivity contribution in [1.82, 2.24) is 0 Å². The van der Waals surface area contributed by atoms with E-state index in [1.54, 1.807) is 7.11 Å². The van der Waals surface area contributed by atoms with Crippen LogP contribution in [0.2, 0.25) is 0 Å². The van der Waals surface area contributed by atoms with Crippen LogP contribution in [-0.4, -0.2) is 101 Å². The van der Waals surface area contributed by atoms with Crippen molar-refractivity contribution in [2.75, 3.05) is 40.4 Å². The van der Waals surface area contributed by atoms with Gasteiger partial charge >= 0.3 is 51.6 Å². The second-order valence-corrected chi connectivity index (χ2v) is 14.2. The second kappa shape index (κ2) is 15.2. The van der Waals surface area contributed by atoms with Gasteiger partial charge in [-0.25, -0.2) is 33.7 Å². The Kier molecular flexibility index (Phi) is 16.8. The molecule has 0 atom stereocenters. The zero-order valence-electron chi connectivity index (χ0n) is 20.4. The fraction of sp³-hybridized carbons (Fsp3) is 1.00. The van der Waals surface area contributed by atoms with E-state index in [0.29, 0.717) is 0 Å². The number of methoxy groups -OCH3 is 1. The maximum Gasteiger partial charge on any atom is 1.00 e. The number of hydrogen-bond donors (Lipinski definition) is 0. The molecular weight excluding hydrogens is 709 g/mol. The van der Waals surface area contributed by atoms with Gasteiger partial charge in [-0.3, -0.25) is 0 Å². The van der Waals surface area contributed by atoms with Gasteiger partial charge in [0.2, 0.25) is 0 Å². The normalized spacial score (nSPS) is 16.9. The third kappa shape index (κ3) is 14.9. The van der Waals surface area contributed by atoms with Crippen molar-refractivity contribution in [3.8, 4) is 0 Å². The first kappa shape index (κ1) is 45.2. The van der Waals surface area contributed by atoms with Crippen molar-refractivity contribution in [2.24, 2.45) is 0 Å². The van der Waals surface area contributed by atoms with Crippen LogP contribution in [0.15, 0.2) is 0 Å². The van der Waals surface area contributed by atoms with E-state index in [-0.39, 0.29) is 29.6 Å². The van der Waals surface area contributed by atoms with Gasteiger partial charge in [0.05, 0.1) is 26.7 Å². The number of sulfonamides is 4. The van der Waals surface area contributed by atoms with Crippen molar-refractivity contribution in [3.05, 3.63) is 8.25 Å². The Bertz CT molecular complexity index is 1080. The molecule has 1 aliphatic rings. The van der Waals surface area contributed by atoms with Crippen LogP contribution < -0.4 is 29.6 Å². The number of likely N-dealkylation sites (tertiary alicyclic amines) is 1. The van der Waals surface area contributed by atoms with Crippen LogP contribution in [0.4, 0.5) is 52.7 Å². The number of halogens is 12. The van der Waals surface area contributed by atoms with Crippen LogP contribution in [0.3, 0.4) is 0 Å². The van der Waals surface area contributed by atoms with Crippen LogP contribution in [0.1, 0.15) is 12.8 Å². The molecule has 0 aromatic carbocycles. The summed E-state index contributed by atoms with van der Waals surface area (Å²) in [4.78, 5) is 0. The maximum atomic E-state index is 11.4. The van der Waals surface area contributed by atoms with Crippen LogP contribution in [-0.2, 0) is 44.8 Å². The number of nitrogens with zero attached hydrogens (tertiary/aromatic N) is 3. The average Bonchev–Trinajstić information content (AvgIpc) is 3.09. The quantitative estimate of drug-likeness (QED) is 0.199. The molecule has 0 amide bonds. The van der Waals surface area contributed by atoms with E-state index in [2.05, 4.69) is 7.05 Å². The Balaban J connectivity index is -0.000000532. The molecule has 1 fully saturated rings. The van der Waals surface area contributed by atoms with Crippen LogP contribution in [0.25, 0.3) is 8.25 Å². The third-order valence-corrected chi connectivity index (χ3v) is 9.52. The summed E-state index contributed by atoms with van der Waals surface area (Å²) in [6.07, 6.45) is 2.81. The molecule has 0 aromatic rings. The van der Waals surface area contributed by atoms with Gasteiger partial charge in [0, 0.05) is 20.0 Å². The number of quaternary nitrogens is 1. The van der Waals surface area contributed by atoms with E-state index in [9.17, 15) is 86.4 Å². The first-order chi connectivity index (χ1) is 17.2. The first-order valence-electron chi connectivity index (χ1n) is 9.24. The smallest absolute Gasteiger partial charge is 0.421 e. The van der Waals surface area contributed by atoms with Crippen LogP contribution >= 0.6 is 0 Å². The van der Waals surface area contributed by atoms with E-state index >= 15 is 0 Å². The molecule has 244 valence electrons. The topological polar surface area (TPSA) is 174 Å². The molecule has 0 bridgehead atoms. The molecule has 1 heterocycles. The Morgan fingerprint density at radius 2 is 0.805 bits per heavy atom. The van der Waals surface area contributed by atoms with E-state index in [1.165, 1.54) is 37.0 Å². The van der Waals surface area contributed by atoms with Crippen molar-refractivity contribution in [2.45, 2.75) is 34.9 Å². The molecule has 41 heavy (non-hydrogen) atoms. The summed E-state index contributed by atoms with van der Waals surface area (Å²) in [5.74, 6) is 0. The average molecular weight is 728 g/mol. The van der Waals surface area contributed by atoms with Gasteiger partial charge < -0.3 is 17.5 Å². The monoisotopic (exact) mass is 727 g/mol. The molecule has 1 saturated heterocycles. The first-order valence-corrected chi connectivity index (χ1v) is 15.0. The minimum Gasteiger partial charge on any atom is -0.421 e. The Morgan fingerprint density at radius 3 is 0.976 bits per heavy atom. The Labute approximate surface area is 247 Å². The number of ether oxygens (including phenoxy) is 1. The molecule has 29 heteroatoms. The van der Waals surface area contributed by atoms with E-state index in [4.69, 9.17) is 4.74 Å². The minimum absolute atomic E-state index is 0. The SMILES string of the molecule is COCC[N+]1(C)CCCC1.O=S(=O)([N-]S(=O)(=O)C(F)(F)F)C(F)(F)F.O=S(=O)([N-]S(=O)(=O)C(F)(F)F)C(F)(F)F.[Na+]. The van der Waals surface area contributed by atoms with Gasteiger partial charge in [0.25, 0.3) is 0 Å². The van der Waals surface area contributed by atoms with Gasteiger partial charge in [-0.1, -0.05) is 0 Å². The van der Waals surface area contributed by atoms with Gasteiger partial charge in [-0.05, 0) is 0 Å². The molecule has 0 aliphatic carbocycles. The number of alkyl halides is 12. The number of hydrogen-bond acceptors (Lipinski definition) is 9. The summed E-state index contributed by atoms with van der Waals surface area (Å²) >= 11 is 0. The predicted octanol–water partition coefficient (Wildman–Crippen LogP) is -0.00420. The summed E-state index contributed by atoms with van der Waals surface area (Å²) in [7, 11) is -22.8. The van der Waals surface area contributed by atoms with Gasteiger partial charge in [-0.2, -0.15) is 52.7 Å². The standard InChI is InChI=1S/C8H18NO.2C2F6NO4S2.Na/c1-9(7-8-10-2)5-3-4-6-9;2*3-1(4,5)14(10,11)9-15(12,13)2(6,7)8;/h3-8H2,1-2H3;;;/q+1;2*-1;+1. The predicted molar refractivity (Wildman–Crippen MR) is 109 cm³/mol.